The van der Waals surface area contributed by atoms with Crippen LogP contribution in [0.4, 0.5) is 5.69 Å². The summed E-state index contributed by atoms with van der Waals surface area (Å²) >= 11 is 1.16. The minimum atomic E-state index is -1.09. The number of carboxylic acids is 1. The number of carbonyl (C=O) groups is 1. The lowest BCUT2D eigenvalue weighted by Crippen LogP contribution is -2.04. The van der Waals surface area contributed by atoms with Crippen LogP contribution in [-0.4, -0.2) is 26.0 Å². The summed E-state index contributed by atoms with van der Waals surface area (Å²) in [6.45, 7) is 5.76. The fourth-order valence-electron chi connectivity index (χ4n) is 1.53. The minimum absolute atomic E-state index is 0.0535. The van der Waals surface area contributed by atoms with E-state index in [9.17, 15) is 4.79 Å². The number of pyridine rings is 1. The van der Waals surface area contributed by atoms with Gasteiger partial charge in [-0.05, 0) is 50.2 Å². The molecule has 7 heteroatoms. The van der Waals surface area contributed by atoms with E-state index in [1.165, 1.54) is 12.1 Å². The molecule has 0 unspecified atom stereocenters. The van der Waals surface area contributed by atoms with E-state index in [1.807, 2.05) is 20.8 Å². The second-order valence-corrected chi connectivity index (χ2v) is 5.26. The second-order valence-electron chi connectivity index (χ2n) is 4.30. The van der Waals surface area contributed by atoms with Crippen molar-refractivity contribution in [1.82, 2.24) is 15.0 Å². The topological polar surface area (TPSA) is 102 Å². The molecule has 0 radical (unpaired) electrons. The van der Waals surface area contributed by atoms with Crippen LogP contribution in [0.1, 0.15) is 27.4 Å². The van der Waals surface area contributed by atoms with Crippen molar-refractivity contribution in [3.05, 3.63) is 34.8 Å². The maximum atomic E-state index is 10.9. The number of aryl methyl sites for hydroxylation is 2. The van der Waals surface area contributed by atoms with E-state index in [4.69, 9.17) is 10.8 Å². The van der Waals surface area contributed by atoms with E-state index in [0.717, 1.165) is 28.7 Å². The highest BCUT2D eigenvalue weighted by molar-refractivity contribution is 7.99. The summed E-state index contributed by atoms with van der Waals surface area (Å²) in [4.78, 5) is 23.6. The number of hydrogen-bond acceptors (Lipinski definition) is 6. The van der Waals surface area contributed by atoms with Crippen LogP contribution >= 0.6 is 11.8 Å². The molecule has 20 heavy (non-hydrogen) atoms. The molecule has 0 saturated heterocycles. The van der Waals surface area contributed by atoms with Gasteiger partial charge in [-0.1, -0.05) is 0 Å². The summed E-state index contributed by atoms with van der Waals surface area (Å²) in [5, 5.41) is 9.85. The van der Waals surface area contributed by atoms with Crippen molar-refractivity contribution in [3.8, 4) is 0 Å². The summed E-state index contributed by atoms with van der Waals surface area (Å²) in [6.07, 6.45) is 0. The first-order valence-electron chi connectivity index (χ1n) is 5.88. The van der Waals surface area contributed by atoms with E-state index in [2.05, 4.69) is 15.0 Å². The Kier molecular flexibility index (Phi) is 3.89. The van der Waals surface area contributed by atoms with Crippen LogP contribution in [0.2, 0.25) is 0 Å². The summed E-state index contributed by atoms with van der Waals surface area (Å²) in [5.74, 6) is -1.09. The average molecular weight is 290 g/mol. The van der Waals surface area contributed by atoms with Crippen molar-refractivity contribution >= 4 is 23.4 Å². The van der Waals surface area contributed by atoms with Crippen molar-refractivity contribution in [2.24, 2.45) is 0 Å². The Morgan fingerprint density at radius 1 is 1.15 bits per heavy atom. The first-order valence-corrected chi connectivity index (χ1v) is 6.69. The zero-order valence-electron chi connectivity index (χ0n) is 11.3. The Morgan fingerprint density at radius 3 is 2.30 bits per heavy atom. The largest absolute Gasteiger partial charge is 0.477 e. The lowest BCUT2D eigenvalue weighted by Gasteiger charge is -2.08. The van der Waals surface area contributed by atoms with Crippen LogP contribution in [0.15, 0.2) is 22.3 Å². The van der Waals surface area contributed by atoms with Crippen molar-refractivity contribution < 1.29 is 9.90 Å². The van der Waals surface area contributed by atoms with Gasteiger partial charge < -0.3 is 10.8 Å². The zero-order valence-corrected chi connectivity index (χ0v) is 12.2. The maximum absolute atomic E-state index is 10.9. The molecule has 0 aromatic carbocycles. The summed E-state index contributed by atoms with van der Waals surface area (Å²) in [5.41, 5.74) is 8.96. The maximum Gasteiger partial charge on any atom is 0.354 e. The van der Waals surface area contributed by atoms with Crippen molar-refractivity contribution in [2.75, 3.05) is 5.73 Å². The van der Waals surface area contributed by atoms with Gasteiger partial charge in [-0.25, -0.2) is 19.7 Å². The zero-order chi connectivity index (χ0) is 14.9. The third-order valence-corrected chi connectivity index (χ3v) is 3.79. The van der Waals surface area contributed by atoms with Crippen LogP contribution in [0.3, 0.4) is 0 Å². The fraction of sp³-hybridized carbons (Fsp3) is 0.231. The third kappa shape index (κ3) is 2.88. The van der Waals surface area contributed by atoms with Gasteiger partial charge >= 0.3 is 5.97 Å². The quantitative estimate of drug-likeness (QED) is 0.835. The molecule has 0 aliphatic rings. The van der Waals surface area contributed by atoms with Crippen molar-refractivity contribution in [2.45, 2.75) is 31.0 Å². The van der Waals surface area contributed by atoms with Gasteiger partial charge in [0.2, 0.25) is 0 Å². The Labute approximate surface area is 120 Å². The molecule has 0 bridgehead atoms. The monoisotopic (exact) mass is 290 g/mol. The highest BCUT2D eigenvalue weighted by Crippen LogP contribution is 2.29. The lowest BCUT2D eigenvalue weighted by molar-refractivity contribution is 0.0690. The first kappa shape index (κ1) is 14.3. The summed E-state index contributed by atoms with van der Waals surface area (Å²) in [6, 6.07) is 2.89. The number of nitrogens with zero attached hydrogens (tertiary/aromatic N) is 3. The highest BCUT2D eigenvalue weighted by Gasteiger charge is 2.12. The molecule has 2 aromatic rings. The van der Waals surface area contributed by atoms with Crippen LogP contribution in [0, 0.1) is 20.8 Å². The lowest BCUT2D eigenvalue weighted by atomic mass is 10.2. The SMILES string of the molecule is Cc1nc(Sc2nc(C(=O)O)ccc2N)nc(C)c1C. The summed E-state index contributed by atoms with van der Waals surface area (Å²) in [7, 11) is 0. The van der Waals surface area contributed by atoms with Gasteiger partial charge in [0.25, 0.3) is 0 Å². The molecular weight excluding hydrogens is 276 g/mol. The first-order chi connectivity index (χ1) is 9.38. The molecule has 0 aliphatic heterocycles. The number of nitrogens with two attached hydrogens (primary N) is 1. The van der Waals surface area contributed by atoms with E-state index >= 15 is 0 Å². The van der Waals surface area contributed by atoms with Gasteiger partial charge in [0.05, 0.1) is 5.69 Å². The minimum Gasteiger partial charge on any atom is -0.477 e. The smallest absolute Gasteiger partial charge is 0.354 e. The van der Waals surface area contributed by atoms with Crippen LogP contribution in [0.25, 0.3) is 0 Å². The number of aromatic nitrogens is 3. The number of rotatable bonds is 3. The molecule has 2 heterocycles. The van der Waals surface area contributed by atoms with E-state index < -0.39 is 5.97 Å². The van der Waals surface area contributed by atoms with Crippen molar-refractivity contribution in [1.29, 1.82) is 0 Å². The Hall–Kier alpha value is -2.15. The predicted octanol–water partition coefficient (Wildman–Crippen LogP) is 2.23. The fourth-order valence-corrected chi connectivity index (χ4v) is 2.39. The second kappa shape index (κ2) is 5.46. The molecule has 0 fully saturated rings. The van der Waals surface area contributed by atoms with E-state index in [0.29, 0.717) is 15.9 Å². The van der Waals surface area contributed by atoms with Crippen LogP contribution < -0.4 is 5.73 Å². The van der Waals surface area contributed by atoms with Crippen LogP contribution in [0.5, 0.6) is 0 Å². The molecule has 3 N–H and O–H groups in total. The predicted molar refractivity (Wildman–Crippen MR) is 76.0 cm³/mol. The Bertz CT molecular complexity index is 665. The van der Waals surface area contributed by atoms with Gasteiger partial charge in [-0.2, -0.15) is 0 Å². The van der Waals surface area contributed by atoms with Gasteiger partial charge in [-0.15, -0.1) is 0 Å². The molecular formula is C13H14N4O2S. The third-order valence-electron chi connectivity index (χ3n) is 2.91. The average Bonchev–Trinajstić information content (AvgIpc) is 2.38. The van der Waals surface area contributed by atoms with Gasteiger partial charge in [0, 0.05) is 11.4 Å². The van der Waals surface area contributed by atoms with Gasteiger partial charge in [0.1, 0.15) is 10.7 Å². The molecule has 0 spiro atoms. The molecule has 2 aromatic heterocycles. The van der Waals surface area contributed by atoms with Gasteiger partial charge in [0.15, 0.2) is 5.16 Å². The molecule has 0 amide bonds. The number of aromatic carboxylic acids is 1. The number of nitrogen functional groups attached to an aromatic ring is 1. The Morgan fingerprint density at radius 2 is 1.75 bits per heavy atom. The normalized spacial score (nSPS) is 10.6. The highest BCUT2D eigenvalue weighted by atomic mass is 32.2. The molecule has 0 saturated carbocycles. The Balaban J connectivity index is 2.39. The van der Waals surface area contributed by atoms with Gasteiger partial charge in [-0.3, -0.25) is 0 Å². The molecule has 2 rings (SSSR count). The standard InChI is InChI=1S/C13H14N4O2S/c1-6-7(2)15-13(16-8(6)3)20-11-9(14)4-5-10(17-11)12(18)19/h4-5H,14H2,1-3H3,(H,18,19). The molecule has 104 valence electrons. The van der Waals surface area contributed by atoms with Crippen molar-refractivity contribution in [3.63, 3.8) is 0 Å². The summed E-state index contributed by atoms with van der Waals surface area (Å²) < 4.78 is 0. The number of carboxylic acid groups (broad SMARTS) is 1. The molecule has 6 nitrogen and oxygen atoms in total. The van der Waals surface area contributed by atoms with E-state index in [1.54, 1.807) is 0 Å². The van der Waals surface area contributed by atoms with Crippen LogP contribution in [-0.2, 0) is 0 Å². The number of hydrogen-bond donors (Lipinski definition) is 2. The number of anilines is 1. The van der Waals surface area contributed by atoms with E-state index in [-0.39, 0.29) is 5.69 Å². The molecule has 0 atom stereocenters. The molecule has 0 aliphatic carbocycles.